The molecule has 0 aromatic rings. The number of Topliss-reactive ketones (excluding diaryl/α,β-unsaturated/α-hetero) is 1. The Balaban J connectivity index is 1.75. The van der Waals surface area contributed by atoms with Crippen LogP contribution in [0.15, 0.2) is 0 Å². The van der Waals surface area contributed by atoms with Gasteiger partial charge in [0.25, 0.3) is 10.1 Å². The monoisotopic (exact) mass is 414 g/mol. The van der Waals surface area contributed by atoms with Crippen LogP contribution in [-0.4, -0.2) is 36.8 Å². The molecule has 0 radical (unpaired) electrons. The molecule has 3 fully saturated rings. The molecule has 0 aromatic heterocycles. The van der Waals surface area contributed by atoms with Gasteiger partial charge in [-0.05, 0) is 48.8 Å². The molecule has 26 heavy (non-hydrogen) atoms. The minimum Gasteiger partial charge on any atom is -0.299 e. The Kier molecular flexibility index (Phi) is 5.23. The molecule has 3 aliphatic carbocycles. The Bertz CT molecular complexity index is 674. The minimum atomic E-state index is -4.42. The summed E-state index contributed by atoms with van der Waals surface area (Å²) in [5.41, 5.74) is -5.81. The van der Waals surface area contributed by atoms with Crippen molar-refractivity contribution >= 4 is 27.7 Å². The van der Waals surface area contributed by atoms with Crippen LogP contribution in [0.4, 0.5) is 13.2 Å². The van der Waals surface area contributed by atoms with Crippen LogP contribution >= 0.6 is 11.8 Å². The molecule has 0 spiro atoms. The Morgan fingerprint density at radius 3 is 2.38 bits per heavy atom. The van der Waals surface area contributed by atoms with E-state index >= 15 is 0 Å². The Hall–Kier alpha value is -0.280. The molecule has 0 aliphatic heterocycles. The first-order chi connectivity index (χ1) is 11.9. The lowest BCUT2D eigenvalue weighted by Gasteiger charge is -2.37. The second-order valence-corrected chi connectivity index (χ2v) is 11.3. The number of fused-ring (bicyclic) bond motifs is 2. The van der Waals surface area contributed by atoms with Gasteiger partial charge in [0.05, 0.1) is 17.3 Å². The number of halogens is 3. The molecule has 150 valence electrons. The van der Waals surface area contributed by atoms with E-state index in [2.05, 4.69) is 0 Å². The van der Waals surface area contributed by atoms with E-state index in [-0.39, 0.29) is 29.9 Å². The first kappa shape index (κ1) is 20.5. The number of hydrogen-bond acceptors (Lipinski definition) is 5. The number of carbonyl (C=O) groups is 1. The lowest BCUT2D eigenvalue weighted by Crippen LogP contribution is -2.44. The van der Waals surface area contributed by atoms with Crippen LogP contribution < -0.4 is 0 Å². The van der Waals surface area contributed by atoms with E-state index in [1.807, 2.05) is 13.8 Å². The second kappa shape index (κ2) is 6.65. The number of thioether (sulfide) groups is 1. The average molecular weight is 415 g/mol. The van der Waals surface area contributed by atoms with Crippen molar-refractivity contribution in [3.63, 3.8) is 0 Å². The van der Waals surface area contributed by atoms with Crippen molar-refractivity contribution in [2.24, 2.45) is 16.7 Å². The first-order valence-corrected chi connectivity index (χ1v) is 11.5. The van der Waals surface area contributed by atoms with Gasteiger partial charge in [-0.3, -0.25) is 8.98 Å². The zero-order chi connectivity index (χ0) is 19.4. The lowest BCUT2D eigenvalue weighted by molar-refractivity contribution is -0.128. The van der Waals surface area contributed by atoms with Crippen LogP contribution in [0.5, 0.6) is 0 Å². The Labute approximate surface area is 156 Å². The molecule has 9 heteroatoms. The summed E-state index contributed by atoms with van der Waals surface area (Å²) >= 11 is -0.174. The van der Waals surface area contributed by atoms with E-state index in [4.69, 9.17) is 4.18 Å². The molecule has 4 atom stereocenters. The largest absolute Gasteiger partial charge is 0.442 e. The van der Waals surface area contributed by atoms with Gasteiger partial charge in [-0.25, -0.2) is 0 Å². The van der Waals surface area contributed by atoms with Gasteiger partial charge in [0.2, 0.25) is 0 Å². The number of alkyl halides is 3. The summed E-state index contributed by atoms with van der Waals surface area (Å²) in [6, 6.07) is 0. The molecule has 0 saturated heterocycles. The number of carbonyl (C=O) groups excluding carboxylic acids is 1. The topological polar surface area (TPSA) is 60.4 Å². The molecule has 3 aliphatic rings. The van der Waals surface area contributed by atoms with Crippen LogP contribution in [-0.2, 0) is 19.1 Å². The smallest absolute Gasteiger partial charge is 0.299 e. The van der Waals surface area contributed by atoms with Gasteiger partial charge in [-0.2, -0.15) is 21.6 Å². The summed E-state index contributed by atoms with van der Waals surface area (Å²) in [7, 11) is -4.10. The van der Waals surface area contributed by atoms with Crippen molar-refractivity contribution in [1.82, 2.24) is 0 Å². The van der Waals surface area contributed by atoms with Crippen molar-refractivity contribution in [2.45, 2.75) is 75.7 Å². The third kappa shape index (κ3) is 3.68. The average Bonchev–Trinajstić information content (AvgIpc) is 2.81. The fourth-order valence-corrected chi connectivity index (χ4v) is 8.11. The maximum atomic E-state index is 12.8. The summed E-state index contributed by atoms with van der Waals surface area (Å²) in [6.45, 7) is 3.85. The summed E-state index contributed by atoms with van der Waals surface area (Å²) in [6.07, 6.45) is 2.58. The molecule has 0 N–H and O–H groups in total. The first-order valence-electron chi connectivity index (χ1n) is 9.05. The number of hydrogen-bond donors (Lipinski definition) is 0. The normalized spacial score (nSPS) is 37.3. The lowest BCUT2D eigenvalue weighted by atomic mass is 9.70. The van der Waals surface area contributed by atoms with Crippen molar-refractivity contribution < 1.29 is 30.6 Å². The number of ketones is 1. The van der Waals surface area contributed by atoms with Crippen molar-refractivity contribution in [3.8, 4) is 0 Å². The third-order valence-corrected chi connectivity index (χ3v) is 9.26. The highest BCUT2D eigenvalue weighted by molar-refractivity contribution is 8.00. The highest BCUT2D eigenvalue weighted by atomic mass is 32.2. The van der Waals surface area contributed by atoms with E-state index in [0.717, 1.165) is 6.42 Å². The van der Waals surface area contributed by atoms with Crippen LogP contribution in [0.3, 0.4) is 0 Å². The summed E-state index contributed by atoms with van der Waals surface area (Å²) in [4.78, 5) is 12.5. The minimum absolute atomic E-state index is 0.0456. The van der Waals surface area contributed by atoms with Crippen LogP contribution in [0.25, 0.3) is 0 Å². The maximum absolute atomic E-state index is 12.8. The van der Waals surface area contributed by atoms with Gasteiger partial charge in [0.1, 0.15) is 5.78 Å². The third-order valence-electron chi connectivity index (χ3n) is 6.76. The van der Waals surface area contributed by atoms with Crippen molar-refractivity contribution in [2.75, 3.05) is 5.75 Å². The Morgan fingerprint density at radius 1 is 1.19 bits per heavy atom. The molecule has 0 heterocycles. The van der Waals surface area contributed by atoms with E-state index in [1.165, 1.54) is 0 Å². The summed E-state index contributed by atoms with van der Waals surface area (Å²) < 4.78 is 69.0. The SMILES string of the molecule is CC1(C)[C@@H]2CC[C@@]1(CS(=O)(=O)O[C@@H]1CCCC[C@H]1SC(F)(F)F)C(=O)C2. The molecule has 4 nitrogen and oxygen atoms in total. The highest BCUT2D eigenvalue weighted by Gasteiger charge is 2.65. The van der Waals surface area contributed by atoms with E-state index in [0.29, 0.717) is 32.1 Å². The fourth-order valence-electron chi connectivity index (χ4n) is 5.11. The van der Waals surface area contributed by atoms with Crippen molar-refractivity contribution in [1.29, 1.82) is 0 Å². The van der Waals surface area contributed by atoms with Gasteiger partial charge >= 0.3 is 5.51 Å². The van der Waals surface area contributed by atoms with E-state index in [1.54, 1.807) is 0 Å². The summed E-state index contributed by atoms with van der Waals surface area (Å²) in [5.74, 6) is -0.286. The molecule has 3 rings (SSSR count). The molecule has 0 unspecified atom stereocenters. The van der Waals surface area contributed by atoms with Gasteiger partial charge < -0.3 is 0 Å². The van der Waals surface area contributed by atoms with E-state index in [9.17, 15) is 26.4 Å². The Morgan fingerprint density at radius 2 is 1.85 bits per heavy atom. The van der Waals surface area contributed by atoms with Crippen molar-refractivity contribution in [3.05, 3.63) is 0 Å². The van der Waals surface area contributed by atoms with Gasteiger partial charge in [0, 0.05) is 11.7 Å². The van der Waals surface area contributed by atoms with Crippen LogP contribution in [0.2, 0.25) is 0 Å². The molecular formula is C17H25F3O4S2. The number of rotatable bonds is 5. The molecular weight excluding hydrogens is 389 g/mol. The molecule has 0 aromatic carbocycles. The molecule has 2 bridgehead atoms. The van der Waals surface area contributed by atoms with Crippen LogP contribution in [0.1, 0.15) is 58.8 Å². The second-order valence-electron chi connectivity index (χ2n) is 8.39. The quantitative estimate of drug-likeness (QED) is 0.628. The van der Waals surface area contributed by atoms with Gasteiger partial charge in [-0.1, -0.05) is 26.7 Å². The standard InChI is InChI=1S/C17H25F3O4S2/c1-15(2)11-7-8-16(15,14(21)9-11)10-26(22,23)24-12-5-3-4-6-13(12)25-17(18,19)20/h11-13H,3-10H2,1-2H3/t11-,12-,13-,16-/m1/s1. The molecule has 0 amide bonds. The van der Waals surface area contributed by atoms with Crippen LogP contribution in [0, 0.1) is 16.7 Å². The van der Waals surface area contributed by atoms with Gasteiger partial charge in [-0.15, -0.1) is 0 Å². The predicted octanol–water partition coefficient (Wildman–Crippen LogP) is 4.29. The highest BCUT2D eigenvalue weighted by Crippen LogP contribution is 2.64. The molecule has 3 saturated carbocycles. The zero-order valence-corrected chi connectivity index (χ0v) is 16.6. The fraction of sp³-hybridized carbons (Fsp3) is 0.941. The summed E-state index contributed by atoms with van der Waals surface area (Å²) in [5, 5.41) is -0.917. The van der Waals surface area contributed by atoms with E-state index < -0.39 is 43.6 Å². The predicted molar refractivity (Wildman–Crippen MR) is 93.1 cm³/mol. The van der Waals surface area contributed by atoms with Gasteiger partial charge in [0.15, 0.2) is 0 Å². The maximum Gasteiger partial charge on any atom is 0.442 e. The zero-order valence-electron chi connectivity index (χ0n) is 15.0.